The predicted octanol–water partition coefficient (Wildman–Crippen LogP) is 1.95. The Morgan fingerprint density at radius 2 is 2.35 bits per heavy atom. The molecule has 1 aromatic heterocycles. The number of nitrogens with one attached hydrogen (secondary N) is 1. The number of amides is 1. The maximum atomic E-state index is 11.5. The smallest absolute Gasteiger partial charge is 0.348 e. The second-order valence-electron chi connectivity index (χ2n) is 3.13. The molecule has 0 spiro atoms. The minimum atomic E-state index is -1.05. The zero-order chi connectivity index (χ0) is 12.8. The van der Waals surface area contributed by atoms with Gasteiger partial charge in [0, 0.05) is 0 Å². The van der Waals surface area contributed by atoms with Crippen LogP contribution in [0.2, 0.25) is 0 Å². The number of hydrogen-bond donors (Lipinski definition) is 2. The molecule has 1 heterocycles. The molecule has 5 nitrogen and oxygen atoms in total. The van der Waals surface area contributed by atoms with Crippen LogP contribution in [-0.4, -0.2) is 28.5 Å². The Balaban J connectivity index is 2.68. The van der Waals surface area contributed by atoms with Crippen molar-refractivity contribution in [2.45, 2.75) is 6.92 Å². The van der Waals surface area contributed by atoms with Gasteiger partial charge in [-0.1, -0.05) is 0 Å². The lowest BCUT2D eigenvalue weighted by molar-refractivity contribution is -0.113. The Labute approximate surface area is 106 Å². The molecule has 7 heteroatoms. The van der Waals surface area contributed by atoms with Crippen LogP contribution in [0.15, 0.2) is 5.38 Å². The zero-order valence-corrected chi connectivity index (χ0v) is 10.7. The van der Waals surface area contributed by atoms with E-state index < -0.39 is 5.97 Å². The van der Waals surface area contributed by atoms with Gasteiger partial charge in [0.05, 0.1) is 23.3 Å². The molecule has 0 radical (unpaired) electrons. The first-order valence-corrected chi connectivity index (χ1v) is 6.65. The first-order chi connectivity index (χ1) is 8.06. The van der Waals surface area contributed by atoms with Gasteiger partial charge in [0.25, 0.3) is 0 Å². The standard InChI is InChI=1S/C10H10N2O3S2/c1-6-4-17-9(10(14)15)8(6)12-7(13)5-16-3-2-11/h4H,3,5H2,1H3,(H,12,13)(H,14,15). The van der Waals surface area contributed by atoms with Crippen molar-refractivity contribution >= 4 is 40.7 Å². The molecule has 0 aliphatic carbocycles. The van der Waals surface area contributed by atoms with Crippen molar-refractivity contribution in [1.29, 1.82) is 5.26 Å². The van der Waals surface area contributed by atoms with E-state index in [9.17, 15) is 9.59 Å². The van der Waals surface area contributed by atoms with Crippen molar-refractivity contribution in [2.75, 3.05) is 16.8 Å². The van der Waals surface area contributed by atoms with Crippen LogP contribution in [-0.2, 0) is 4.79 Å². The molecule has 0 aromatic carbocycles. The number of thiophene rings is 1. The van der Waals surface area contributed by atoms with E-state index in [1.807, 2.05) is 6.07 Å². The number of anilines is 1. The Morgan fingerprint density at radius 1 is 1.65 bits per heavy atom. The topological polar surface area (TPSA) is 90.2 Å². The maximum absolute atomic E-state index is 11.5. The minimum Gasteiger partial charge on any atom is -0.477 e. The number of hydrogen-bond acceptors (Lipinski definition) is 5. The normalized spacial score (nSPS) is 9.65. The SMILES string of the molecule is Cc1csc(C(=O)O)c1NC(=O)CSCC#N. The maximum Gasteiger partial charge on any atom is 0.348 e. The fourth-order valence-electron chi connectivity index (χ4n) is 1.12. The fourth-order valence-corrected chi connectivity index (χ4v) is 2.42. The van der Waals surface area contributed by atoms with Crippen LogP contribution in [0.1, 0.15) is 15.2 Å². The Morgan fingerprint density at radius 3 is 2.94 bits per heavy atom. The van der Waals surface area contributed by atoms with Gasteiger partial charge in [-0.25, -0.2) is 4.79 Å². The van der Waals surface area contributed by atoms with E-state index in [1.54, 1.807) is 12.3 Å². The lowest BCUT2D eigenvalue weighted by Gasteiger charge is -2.05. The van der Waals surface area contributed by atoms with E-state index in [0.717, 1.165) is 16.9 Å². The Bertz CT molecular complexity index is 476. The fraction of sp³-hybridized carbons (Fsp3) is 0.300. The molecule has 0 aliphatic rings. The molecule has 0 atom stereocenters. The molecule has 0 fully saturated rings. The highest BCUT2D eigenvalue weighted by atomic mass is 32.2. The lowest BCUT2D eigenvalue weighted by Crippen LogP contribution is -2.16. The first-order valence-electron chi connectivity index (χ1n) is 4.62. The summed E-state index contributed by atoms with van der Waals surface area (Å²) in [5.41, 5.74) is 1.08. The van der Waals surface area contributed by atoms with Gasteiger partial charge in [-0.2, -0.15) is 5.26 Å². The molecular formula is C10H10N2O3S2. The van der Waals surface area contributed by atoms with Gasteiger partial charge in [0.15, 0.2) is 0 Å². The number of rotatable bonds is 5. The molecule has 2 N–H and O–H groups in total. The van der Waals surface area contributed by atoms with E-state index in [4.69, 9.17) is 10.4 Å². The van der Waals surface area contributed by atoms with Crippen LogP contribution in [0, 0.1) is 18.3 Å². The molecular weight excluding hydrogens is 260 g/mol. The second kappa shape index (κ2) is 6.27. The van der Waals surface area contributed by atoms with Crippen LogP contribution in [0.3, 0.4) is 0 Å². The summed E-state index contributed by atoms with van der Waals surface area (Å²) in [5, 5.41) is 21.5. The molecule has 0 unspecified atom stereocenters. The number of aryl methyl sites for hydroxylation is 1. The third-order valence-electron chi connectivity index (χ3n) is 1.83. The van der Waals surface area contributed by atoms with Crippen molar-refractivity contribution in [3.05, 3.63) is 15.8 Å². The van der Waals surface area contributed by atoms with Crippen LogP contribution < -0.4 is 5.32 Å². The van der Waals surface area contributed by atoms with E-state index in [1.165, 1.54) is 11.8 Å². The van der Waals surface area contributed by atoms with Gasteiger partial charge < -0.3 is 10.4 Å². The number of carbonyl (C=O) groups is 2. The molecule has 0 saturated carbocycles. The molecule has 90 valence electrons. The highest BCUT2D eigenvalue weighted by Gasteiger charge is 2.16. The largest absolute Gasteiger partial charge is 0.477 e. The summed E-state index contributed by atoms with van der Waals surface area (Å²) in [7, 11) is 0. The van der Waals surface area contributed by atoms with Crippen LogP contribution in [0.4, 0.5) is 5.69 Å². The minimum absolute atomic E-state index is 0.126. The predicted molar refractivity (Wildman–Crippen MR) is 67.6 cm³/mol. The molecule has 1 rings (SSSR count). The zero-order valence-electron chi connectivity index (χ0n) is 9.02. The molecule has 1 amide bonds. The number of aromatic carboxylic acids is 1. The lowest BCUT2D eigenvalue weighted by atomic mass is 10.2. The second-order valence-corrected chi connectivity index (χ2v) is 4.99. The molecule has 17 heavy (non-hydrogen) atoms. The average molecular weight is 270 g/mol. The summed E-state index contributed by atoms with van der Waals surface area (Å²) in [6.45, 7) is 1.74. The number of carbonyl (C=O) groups excluding carboxylic acids is 1. The number of carboxylic acid groups (broad SMARTS) is 1. The monoisotopic (exact) mass is 270 g/mol. The highest BCUT2D eigenvalue weighted by Crippen LogP contribution is 2.27. The van der Waals surface area contributed by atoms with Crippen molar-refractivity contribution in [3.8, 4) is 6.07 Å². The number of nitrogens with zero attached hydrogens (tertiary/aromatic N) is 1. The third-order valence-corrected chi connectivity index (χ3v) is 3.72. The third kappa shape index (κ3) is 3.76. The van der Waals surface area contributed by atoms with Gasteiger partial charge in [-0.15, -0.1) is 23.1 Å². The van der Waals surface area contributed by atoms with Gasteiger partial charge in [-0.05, 0) is 17.9 Å². The summed E-state index contributed by atoms with van der Waals surface area (Å²) < 4.78 is 0. The summed E-state index contributed by atoms with van der Waals surface area (Å²) >= 11 is 2.27. The van der Waals surface area contributed by atoms with Crippen LogP contribution in [0.5, 0.6) is 0 Å². The number of carboxylic acids is 1. The average Bonchev–Trinajstić information content (AvgIpc) is 2.61. The summed E-state index contributed by atoms with van der Waals surface area (Å²) in [5.74, 6) is -0.971. The van der Waals surface area contributed by atoms with Crippen molar-refractivity contribution < 1.29 is 14.7 Å². The van der Waals surface area contributed by atoms with Gasteiger partial charge in [0.2, 0.25) is 5.91 Å². The van der Waals surface area contributed by atoms with Gasteiger partial charge >= 0.3 is 5.97 Å². The quantitative estimate of drug-likeness (QED) is 0.798. The summed E-state index contributed by atoms with van der Waals surface area (Å²) in [6, 6.07) is 1.91. The highest BCUT2D eigenvalue weighted by molar-refractivity contribution is 8.00. The van der Waals surface area contributed by atoms with Gasteiger partial charge in [-0.3, -0.25) is 4.79 Å². The van der Waals surface area contributed by atoms with E-state index in [-0.39, 0.29) is 22.3 Å². The summed E-state index contributed by atoms with van der Waals surface area (Å²) in [6.07, 6.45) is 0. The molecule has 0 saturated heterocycles. The Kier molecular flexibility index (Phi) is 5.00. The van der Waals surface area contributed by atoms with Gasteiger partial charge in [0.1, 0.15) is 4.88 Å². The molecule has 1 aromatic rings. The molecule has 0 aliphatic heterocycles. The summed E-state index contributed by atoms with van der Waals surface area (Å²) in [4.78, 5) is 22.5. The van der Waals surface area contributed by atoms with Crippen LogP contribution >= 0.6 is 23.1 Å². The number of thioether (sulfide) groups is 1. The van der Waals surface area contributed by atoms with Crippen LogP contribution in [0.25, 0.3) is 0 Å². The van der Waals surface area contributed by atoms with Crippen molar-refractivity contribution in [1.82, 2.24) is 0 Å². The molecule has 0 bridgehead atoms. The van der Waals surface area contributed by atoms with E-state index in [2.05, 4.69) is 5.32 Å². The number of nitriles is 1. The van der Waals surface area contributed by atoms with Crippen molar-refractivity contribution in [2.24, 2.45) is 0 Å². The van der Waals surface area contributed by atoms with Crippen molar-refractivity contribution in [3.63, 3.8) is 0 Å². The van der Waals surface area contributed by atoms with E-state index >= 15 is 0 Å². The first kappa shape index (κ1) is 13.5. The Hall–Kier alpha value is -1.52. The van der Waals surface area contributed by atoms with E-state index in [0.29, 0.717) is 5.69 Å².